The molecule has 0 atom stereocenters. The summed E-state index contributed by atoms with van der Waals surface area (Å²) in [6.45, 7) is 3.53. The predicted octanol–water partition coefficient (Wildman–Crippen LogP) is 3.08. The molecule has 2 amide bonds. The molecule has 10 heteroatoms. The van der Waals surface area contributed by atoms with Crippen molar-refractivity contribution in [2.45, 2.75) is 13.1 Å². The van der Waals surface area contributed by atoms with Crippen LogP contribution in [0.3, 0.4) is 0 Å². The van der Waals surface area contributed by atoms with Gasteiger partial charge in [-0.05, 0) is 24.3 Å². The van der Waals surface area contributed by atoms with E-state index in [2.05, 4.69) is 9.97 Å². The van der Waals surface area contributed by atoms with Crippen molar-refractivity contribution in [3.63, 3.8) is 0 Å². The number of thioether (sulfide) groups is 1. The number of fused-ring (bicyclic) bond motifs is 12. The van der Waals surface area contributed by atoms with Crippen LogP contribution in [0.5, 0.6) is 0 Å². The number of nitrogens with zero attached hydrogens (tertiary/aromatic N) is 5. The SMILES string of the molecule is CN1C(=O)C2=C(C1=O)c1cn(c3ncccc13)CCOCCSCCOCCn1cc2c2cccnc21. The van der Waals surface area contributed by atoms with Crippen molar-refractivity contribution in [2.24, 2.45) is 0 Å². The van der Waals surface area contributed by atoms with Gasteiger partial charge in [-0.3, -0.25) is 14.5 Å². The molecule has 0 radical (unpaired) electrons. The zero-order chi connectivity index (χ0) is 25.4. The van der Waals surface area contributed by atoms with Crippen molar-refractivity contribution in [2.75, 3.05) is 45.0 Å². The number of ether oxygens (including phenoxy) is 2. The van der Waals surface area contributed by atoms with E-state index in [9.17, 15) is 9.59 Å². The third-order valence-corrected chi connectivity index (χ3v) is 7.70. The fourth-order valence-electron chi connectivity index (χ4n) is 4.99. The van der Waals surface area contributed by atoms with E-state index in [1.54, 1.807) is 24.2 Å². The molecule has 0 unspecified atom stereocenters. The highest BCUT2D eigenvalue weighted by molar-refractivity contribution is 7.99. The van der Waals surface area contributed by atoms with Gasteiger partial charge in [0.1, 0.15) is 11.3 Å². The lowest BCUT2D eigenvalue weighted by Gasteiger charge is -2.08. The fourth-order valence-corrected chi connectivity index (χ4v) is 5.67. The molecule has 2 aliphatic heterocycles. The Morgan fingerprint density at radius 2 is 1.24 bits per heavy atom. The van der Waals surface area contributed by atoms with Crippen LogP contribution in [0.1, 0.15) is 11.1 Å². The Hall–Kier alpha value is -3.47. The Kier molecular flexibility index (Phi) is 6.54. The van der Waals surface area contributed by atoms with E-state index in [1.165, 1.54) is 11.9 Å². The highest BCUT2D eigenvalue weighted by atomic mass is 32.2. The van der Waals surface area contributed by atoms with Crippen LogP contribution in [-0.4, -0.2) is 80.8 Å². The van der Waals surface area contributed by atoms with Crippen molar-refractivity contribution >= 4 is 56.8 Å². The van der Waals surface area contributed by atoms with E-state index >= 15 is 0 Å². The molecule has 4 bridgehead atoms. The minimum absolute atomic E-state index is 0.324. The molecule has 4 aromatic heterocycles. The maximum Gasteiger partial charge on any atom is 0.261 e. The van der Waals surface area contributed by atoms with Gasteiger partial charge >= 0.3 is 0 Å². The van der Waals surface area contributed by atoms with Gasteiger partial charge in [-0.1, -0.05) is 0 Å². The molecule has 190 valence electrons. The molecule has 0 spiro atoms. The van der Waals surface area contributed by atoms with Crippen LogP contribution in [-0.2, 0) is 32.2 Å². The molecule has 0 N–H and O–H groups in total. The van der Waals surface area contributed by atoms with Gasteiger partial charge in [-0.2, -0.15) is 11.8 Å². The summed E-state index contributed by atoms with van der Waals surface area (Å²) in [7, 11) is 1.53. The standard InChI is InChI=1S/C27H27N5O4S/c1-30-26(33)22-20-16-31(24-18(20)4-2-6-28-24)8-10-35-12-14-37-15-13-36-11-9-32-17-21(23(22)27(30)34)19-5-3-7-29-25(19)32/h2-7,16-17H,8-15H2,1H3. The molecular formula is C27H27N5O4S. The van der Waals surface area contributed by atoms with Crippen molar-refractivity contribution < 1.29 is 19.1 Å². The van der Waals surface area contributed by atoms with Gasteiger partial charge in [0, 0.05) is 78.3 Å². The molecule has 2 aliphatic rings. The fraction of sp³-hybridized carbons (Fsp3) is 0.333. The number of rotatable bonds is 0. The van der Waals surface area contributed by atoms with Gasteiger partial charge in [0.25, 0.3) is 11.8 Å². The van der Waals surface area contributed by atoms with Crippen LogP contribution in [0.4, 0.5) is 0 Å². The third-order valence-electron chi connectivity index (χ3n) is 6.79. The first kappa shape index (κ1) is 23.9. The molecule has 0 saturated heterocycles. The summed E-state index contributed by atoms with van der Waals surface area (Å²) in [5.74, 6) is 1.15. The topological polar surface area (TPSA) is 91.5 Å². The summed E-state index contributed by atoms with van der Waals surface area (Å²) in [4.78, 5) is 37.5. The Morgan fingerprint density at radius 1 is 0.757 bits per heavy atom. The van der Waals surface area contributed by atoms with Gasteiger partial charge in [0.15, 0.2) is 0 Å². The lowest BCUT2D eigenvalue weighted by molar-refractivity contribution is -0.134. The summed E-state index contributed by atoms with van der Waals surface area (Å²) >= 11 is 1.81. The Balaban J connectivity index is 1.57. The number of carbonyl (C=O) groups excluding carboxylic acids is 2. The normalized spacial score (nSPS) is 18.2. The smallest absolute Gasteiger partial charge is 0.261 e. The molecule has 0 saturated carbocycles. The van der Waals surface area contributed by atoms with E-state index in [1.807, 2.05) is 45.8 Å². The van der Waals surface area contributed by atoms with Crippen LogP contribution in [0.15, 0.2) is 49.1 Å². The number of amides is 2. The van der Waals surface area contributed by atoms with E-state index in [4.69, 9.17) is 9.47 Å². The van der Waals surface area contributed by atoms with Gasteiger partial charge in [0.05, 0.1) is 37.6 Å². The quantitative estimate of drug-likeness (QED) is 0.331. The number of pyridine rings is 2. The minimum atomic E-state index is -0.324. The van der Waals surface area contributed by atoms with Gasteiger partial charge < -0.3 is 18.6 Å². The molecule has 4 aromatic rings. The minimum Gasteiger partial charge on any atom is -0.379 e. The van der Waals surface area contributed by atoms with Crippen LogP contribution < -0.4 is 0 Å². The van der Waals surface area contributed by atoms with Crippen LogP contribution >= 0.6 is 11.8 Å². The second-order valence-electron chi connectivity index (χ2n) is 8.98. The zero-order valence-electron chi connectivity index (χ0n) is 20.6. The van der Waals surface area contributed by atoms with Crippen molar-refractivity contribution in [1.82, 2.24) is 24.0 Å². The number of likely N-dealkylation sites (N-methyl/N-ethyl adjacent to an activating group) is 1. The first-order valence-electron chi connectivity index (χ1n) is 12.3. The number of hydrogen-bond donors (Lipinski definition) is 0. The second-order valence-corrected chi connectivity index (χ2v) is 10.2. The zero-order valence-corrected chi connectivity index (χ0v) is 21.4. The first-order valence-corrected chi connectivity index (χ1v) is 13.5. The Labute approximate surface area is 218 Å². The van der Waals surface area contributed by atoms with Crippen LogP contribution in [0, 0.1) is 0 Å². The maximum atomic E-state index is 13.6. The molecule has 0 fully saturated rings. The van der Waals surface area contributed by atoms with Gasteiger partial charge in [-0.15, -0.1) is 0 Å². The number of aromatic nitrogens is 4. The number of hydrogen-bond acceptors (Lipinski definition) is 7. The van der Waals surface area contributed by atoms with Gasteiger partial charge in [0.2, 0.25) is 0 Å². The average Bonchev–Trinajstić information content (AvgIpc) is 3.53. The highest BCUT2D eigenvalue weighted by Gasteiger charge is 2.39. The lowest BCUT2D eigenvalue weighted by atomic mass is 9.96. The summed E-state index contributed by atoms with van der Waals surface area (Å²) in [6.07, 6.45) is 7.33. The molecular weight excluding hydrogens is 490 g/mol. The largest absolute Gasteiger partial charge is 0.379 e. The van der Waals surface area contributed by atoms with Crippen LogP contribution in [0.25, 0.3) is 33.2 Å². The molecule has 0 aliphatic carbocycles. The predicted molar refractivity (Wildman–Crippen MR) is 143 cm³/mol. The van der Waals surface area contributed by atoms with E-state index in [-0.39, 0.29) is 11.8 Å². The molecule has 9 nitrogen and oxygen atoms in total. The Bertz CT molecular complexity index is 1430. The molecule has 6 heterocycles. The third kappa shape index (κ3) is 4.24. The summed E-state index contributed by atoms with van der Waals surface area (Å²) in [6, 6.07) is 7.59. The molecule has 6 rings (SSSR count). The van der Waals surface area contributed by atoms with Crippen molar-refractivity contribution in [3.05, 3.63) is 60.2 Å². The number of imide groups is 1. The molecule has 37 heavy (non-hydrogen) atoms. The van der Waals surface area contributed by atoms with E-state index < -0.39 is 0 Å². The monoisotopic (exact) mass is 517 g/mol. The average molecular weight is 518 g/mol. The summed E-state index contributed by atoms with van der Waals surface area (Å²) in [5, 5.41) is 1.65. The van der Waals surface area contributed by atoms with Gasteiger partial charge in [-0.25, -0.2) is 9.97 Å². The van der Waals surface area contributed by atoms with E-state index in [0.29, 0.717) is 61.8 Å². The van der Waals surface area contributed by atoms with Crippen LogP contribution in [0.2, 0.25) is 0 Å². The van der Waals surface area contributed by atoms with Crippen molar-refractivity contribution in [1.29, 1.82) is 0 Å². The second kappa shape index (κ2) is 10.1. The summed E-state index contributed by atoms with van der Waals surface area (Å²) < 4.78 is 15.7. The highest BCUT2D eigenvalue weighted by Crippen LogP contribution is 2.40. The maximum absolute atomic E-state index is 13.6. The van der Waals surface area contributed by atoms with E-state index in [0.717, 1.165) is 33.6 Å². The lowest BCUT2D eigenvalue weighted by Crippen LogP contribution is -2.26. The Morgan fingerprint density at radius 3 is 1.73 bits per heavy atom. The van der Waals surface area contributed by atoms with Crippen molar-refractivity contribution in [3.8, 4) is 0 Å². The molecule has 0 aromatic carbocycles. The summed E-state index contributed by atoms with van der Waals surface area (Å²) in [5.41, 5.74) is 3.68. The number of carbonyl (C=O) groups is 2. The first-order chi connectivity index (χ1) is 18.1.